The Labute approximate surface area is 158 Å². The minimum atomic E-state index is -0.685. The molecule has 0 N–H and O–H groups in total. The van der Waals surface area contributed by atoms with Crippen molar-refractivity contribution in [3.05, 3.63) is 53.6 Å². The second-order valence-electron chi connectivity index (χ2n) is 5.47. The molecule has 2 aromatic heterocycles. The van der Waals surface area contributed by atoms with Gasteiger partial charge in [-0.3, -0.25) is 0 Å². The van der Waals surface area contributed by atoms with E-state index in [2.05, 4.69) is 15.5 Å². The molecule has 2 heterocycles. The van der Waals surface area contributed by atoms with Gasteiger partial charge in [0, 0.05) is 22.7 Å². The zero-order valence-electron chi connectivity index (χ0n) is 14.1. The first-order valence-corrected chi connectivity index (χ1v) is 8.45. The summed E-state index contributed by atoms with van der Waals surface area (Å²) in [6.07, 6.45) is 0. The monoisotopic (exact) mass is 384 g/mol. The lowest BCUT2D eigenvalue weighted by molar-refractivity contribution is -0.660. The van der Waals surface area contributed by atoms with Crippen molar-refractivity contribution in [2.24, 2.45) is 0 Å². The Kier molecular flexibility index (Phi) is 4.47. The van der Waals surface area contributed by atoms with Crippen LogP contribution in [0.4, 0.5) is 0 Å². The van der Waals surface area contributed by atoms with Crippen molar-refractivity contribution >= 4 is 11.6 Å². The topological polar surface area (TPSA) is 101 Å². The fraction of sp³-hybridized carbons (Fsp3) is 0.111. The molecular weight excluding hydrogens is 372 g/mol. The van der Waals surface area contributed by atoms with Crippen LogP contribution >= 0.6 is 11.6 Å². The van der Waals surface area contributed by atoms with Crippen molar-refractivity contribution in [3.8, 4) is 40.4 Å². The number of rotatable bonds is 5. The molecule has 4 aromatic rings. The van der Waals surface area contributed by atoms with Crippen LogP contribution in [0.3, 0.4) is 0 Å². The van der Waals surface area contributed by atoms with Crippen LogP contribution in [0.1, 0.15) is 6.92 Å². The van der Waals surface area contributed by atoms with Gasteiger partial charge in [-0.15, -0.1) is 10.2 Å². The highest BCUT2D eigenvalue weighted by Crippen LogP contribution is 2.27. The molecule has 0 fully saturated rings. The quantitative estimate of drug-likeness (QED) is 0.487. The maximum Gasteiger partial charge on any atom is 0.327 e. The zero-order chi connectivity index (χ0) is 18.8. The van der Waals surface area contributed by atoms with E-state index >= 15 is 0 Å². The maximum absolute atomic E-state index is 12.2. The Morgan fingerprint density at radius 2 is 1.74 bits per heavy atom. The summed E-state index contributed by atoms with van der Waals surface area (Å²) >= 11 is 5.88. The van der Waals surface area contributed by atoms with E-state index in [0.29, 0.717) is 28.6 Å². The highest BCUT2D eigenvalue weighted by atomic mass is 35.5. The molecular formula is C18H13ClN4O4. The molecule has 2 aromatic carbocycles. The van der Waals surface area contributed by atoms with Crippen molar-refractivity contribution in [3.63, 3.8) is 0 Å². The third-order valence-electron chi connectivity index (χ3n) is 3.72. The number of hydrogen-bond donors (Lipinski definition) is 0. The van der Waals surface area contributed by atoms with E-state index in [0.717, 1.165) is 0 Å². The largest absolute Gasteiger partial charge is 0.538 e. The van der Waals surface area contributed by atoms with Crippen LogP contribution in [0.5, 0.6) is 11.7 Å². The summed E-state index contributed by atoms with van der Waals surface area (Å²) < 4.78 is 17.2. The third-order valence-corrected chi connectivity index (χ3v) is 3.97. The molecule has 136 valence electrons. The first kappa shape index (κ1) is 17.0. The molecule has 0 atom stereocenters. The second-order valence-corrected chi connectivity index (χ2v) is 5.90. The van der Waals surface area contributed by atoms with Crippen LogP contribution in [0, 0.1) is 0 Å². The van der Waals surface area contributed by atoms with Crippen molar-refractivity contribution in [1.82, 2.24) is 15.5 Å². The maximum atomic E-state index is 12.2. The van der Waals surface area contributed by atoms with Crippen LogP contribution < -0.4 is 14.5 Å². The molecule has 0 spiro atoms. The van der Waals surface area contributed by atoms with Crippen LogP contribution in [0.2, 0.25) is 5.02 Å². The second kappa shape index (κ2) is 7.08. The van der Waals surface area contributed by atoms with Gasteiger partial charge >= 0.3 is 11.6 Å². The summed E-state index contributed by atoms with van der Waals surface area (Å²) in [5.74, 6) is 0.271. The zero-order valence-corrected chi connectivity index (χ0v) is 14.9. The van der Waals surface area contributed by atoms with E-state index in [9.17, 15) is 5.11 Å². The third kappa shape index (κ3) is 3.34. The molecule has 0 bridgehead atoms. The van der Waals surface area contributed by atoms with E-state index in [1.165, 1.54) is 4.68 Å². The summed E-state index contributed by atoms with van der Waals surface area (Å²) in [5, 5.41) is 24.5. The molecule has 0 amide bonds. The predicted octanol–water partition coefficient (Wildman–Crippen LogP) is 2.79. The number of ether oxygens (including phenoxy) is 1. The molecule has 8 nitrogen and oxygen atoms in total. The number of aromatic nitrogens is 4. The summed E-state index contributed by atoms with van der Waals surface area (Å²) in [5.41, 5.74) is 1.30. The van der Waals surface area contributed by atoms with Crippen molar-refractivity contribution in [2.45, 2.75) is 6.92 Å². The van der Waals surface area contributed by atoms with Gasteiger partial charge in [0.1, 0.15) is 5.75 Å². The number of hydrogen-bond acceptors (Lipinski definition) is 7. The molecule has 0 radical (unpaired) electrons. The molecule has 0 saturated heterocycles. The van der Waals surface area contributed by atoms with Crippen molar-refractivity contribution in [1.29, 1.82) is 0 Å². The lowest BCUT2D eigenvalue weighted by Gasteiger charge is -2.01. The lowest BCUT2D eigenvalue weighted by atomic mass is 10.2. The molecule has 0 aliphatic carbocycles. The summed E-state index contributed by atoms with van der Waals surface area (Å²) in [4.78, 5) is 0. The molecule has 0 aliphatic rings. The summed E-state index contributed by atoms with van der Waals surface area (Å²) in [6.45, 7) is 2.46. The van der Waals surface area contributed by atoms with Crippen LogP contribution in [-0.4, -0.2) is 22.1 Å². The molecule has 9 heteroatoms. The number of nitrogens with zero attached hydrogens (tertiary/aromatic N) is 4. The summed E-state index contributed by atoms with van der Waals surface area (Å²) in [6, 6.07) is 13.9. The van der Waals surface area contributed by atoms with Crippen LogP contribution in [0.25, 0.3) is 28.7 Å². The molecule has 27 heavy (non-hydrogen) atoms. The standard InChI is InChI=1S/C18H13ClN4O4/c1-2-25-14-9-7-13(8-10-14)23-15(18(24)27-22-23)17-21-20-16(26-17)11-3-5-12(19)6-4-11/h3-10H,2H2,1H3. The molecule has 0 saturated carbocycles. The Morgan fingerprint density at radius 1 is 1.04 bits per heavy atom. The Balaban J connectivity index is 1.71. The highest BCUT2D eigenvalue weighted by molar-refractivity contribution is 6.30. The SMILES string of the molecule is CCOc1ccc(-[n+]2noc([O-])c2-c2nnc(-c3ccc(Cl)cc3)o2)cc1. The van der Waals surface area contributed by atoms with E-state index in [-0.39, 0.29) is 17.5 Å². The van der Waals surface area contributed by atoms with Gasteiger partial charge in [-0.2, -0.15) is 0 Å². The minimum absolute atomic E-state index is 0.0000784. The Morgan fingerprint density at radius 3 is 2.44 bits per heavy atom. The molecule has 4 rings (SSSR count). The molecule has 0 unspecified atom stereocenters. The fourth-order valence-electron chi connectivity index (χ4n) is 2.48. The fourth-order valence-corrected chi connectivity index (χ4v) is 2.61. The van der Waals surface area contributed by atoms with Gasteiger partial charge in [-0.25, -0.2) is 0 Å². The van der Waals surface area contributed by atoms with Gasteiger partial charge in [-0.05, 0) is 48.0 Å². The van der Waals surface area contributed by atoms with Crippen LogP contribution in [0.15, 0.2) is 57.5 Å². The van der Waals surface area contributed by atoms with E-state index in [1.807, 2.05) is 6.92 Å². The predicted molar refractivity (Wildman–Crippen MR) is 92.4 cm³/mol. The van der Waals surface area contributed by atoms with Gasteiger partial charge in [0.05, 0.1) is 11.9 Å². The van der Waals surface area contributed by atoms with Gasteiger partial charge in [0.2, 0.25) is 11.6 Å². The minimum Gasteiger partial charge on any atom is -0.538 e. The van der Waals surface area contributed by atoms with Gasteiger partial charge < -0.3 is 18.8 Å². The average Bonchev–Trinajstić information content (AvgIpc) is 3.30. The lowest BCUT2D eigenvalue weighted by Crippen LogP contribution is -2.34. The Hall–Kier alpha value is -3.39. The average molecular weight is 385 g/mol. The van der Waals surface area contributed by atoms with E-state index in [4.69, 9.17) is 25.3 Å². The summed E-state index contributed by atoms with van der Waals surface area (Å²) in [7, 11) is 0. The smallest absolute Gasteiger partial charge is 0.327 e. The normalized spacial score (nSPS) is 10.9. The highest BCUT2D eigenvalue weighted by Gasteiger charge is 2.28. The first-order chi connectivity index (χ1) is 13.2. The Bertz CT molecular complexity index is 1060. The van der Waals surface area contributed by atoms with Crippen LogP contribution in [-0.2, 0) is 0 Å². The van der Waals surface area contributed by atoms with Gasteiger partial charge in [0.15, 0.2) is 5.95 Å². The van der Waals surface area contributed by atoms with Gasteiger partial charge in [0.25, 0.3) is 0 Å². The van der Waals surface area contributed by atoms with Crippen molar-refractivity contribution in [2.75, 3.05) is 6.61 Å². The van der Waals surface area contributed by atoms with Gasteiger partial charge in [-0.1, -0.05) is 11.6 Å². The first-order valence-electron chi connectivity index (χ1n) is 8.08. The van der Waals surface area contributed by atoms with E-state index in [1.54, 1.807) is 48.5 Å². The number of benzene rings is 2. The van der Waals surface area contributed by atoms with Crippen molar-refractivity contribution < 1.29 is 23.5 Å². The number of halogens is 1. The van der Waals surface area contributed by atoms with E-state index < -0.39 is 5.95 Å². The molecule has 0 aliphatic heterocycles.